The van der Waals surface area contributed by atoms with Gasteiger partial charge in [0.25, 0.3) is 0 Å². The molecule has 0 saturated heterocycles. The Balaban J connectivity index is 0. The van der Waals surface area contributed by atoms with E-state index in [9.17, 15) is 9.90 Å². The quantitative estimate of drug-likeness (QED) is 0.473. The number of carbonyl (C=O) groups excluding carboxylic acids is 1. The van der Waals surface area contributed by atoms with Crippen LogP contribution in [-0.4, -0.2) is 22.8 Å². The zero-order chi connectivity index (χ0) is 10.3. The monoisotopic (exact) mass is 206 g/mol. The maximum atomic E-state index is 10.2. The number of phenols is 1. The van der Waals surface area contributed by atoms with E-state index in [1.807, 2.05) is 0 Å². The van der Waals surface area contributed by atoms with Gasteiger partial charge in [0, 0.05) is 12.2 Å². The van der Waals surface area contributed by atoms with Gasteiger partial charge in [0.15, 0.2) is 0 Å². The smallest absolute Gasteiger partial charge is 0.545 e. The number of aliphatic hydroxyl groups is 1. The Morgan fingerprint density at radius 3 is 2.14 bits per heavy atom. The molecule has 0 bridgehead atoms. The number of hydrogen-bond donors (Lipinski definition) is 2. The molecule has 1 rings (SSSR count). The molecule has 5 heteroatoms. The Labute approximate surface area is 104 Å². The van der Waals surface area contributed by atoms with Crippen LogP contribution in [0.25, 0.3) is 0 Å². The van der Waals surface area contributed by atoms with E-state index in [1.54, 1.807) is 13.0 Å². The van der Waals surface area contributed by atoms with Gasteiger partial charge in [-0.15, -0.1) is 0 Å². The number of hydrogen-bond acceptors (Lipinski definition) is 4. The van der Waals surface area contributed by atoms with Crippen LogP contribution in [0.3, 0.4) is 0 Å². The van der Waals surface area contributed by atoms with Gasteiger partial charge in [0.2, 0.25) is 0 Å². The predicted octanol–water partition coefficient (Wildman–Crippen LogP) is -3.24. The summed E-state index contributed by atoms with van der Waals surface area (Å²) in [6.45, 7) is 1.93. The SMILES string of the molecule is CCO.O=C([O-])c1ccccc1O.[Na+]. The normalized spacial score (nSPS) is 7.86. The first-order valence-electron chi connectivity index (χ1n) is 3.73. The van der Waals surface area contributed by atoms with Crippen LogP contribution in [0.15, 0.2) is 24.3 Å². The molecule has 14 heavy (non-hydrogen) atoms. The standard InChI is InChI=1S/C7H6O3.C2H6O.Na/c8-6-4-2-1-3-5(6)7(9)10;1-2-3;/h1-4,8H,(H,9,10);3H,2H2,1H3;/q;;+1/p-1. The van der Waals surface area contributed by atoms with E-state index in [-0.39, 0.29) is 47.5 Å². The first kappa shape index (κ1) is 15.9. The van der Waals surface area contributed by atoms with Crippen LogP contribution in [0.1, 0.15) is 17.3 Å². The molecule has 0 aromatic heterocycles. The maximum absolute atomic E-state index is 10.2. The van der Waals surface area contributed by atoms with Crippen LogP contribution < -0.4 is 34.7 Å². The summed E-state index contributed by atoms with van der Waals surface area (Å²) in [5.74, 6) is -1.62. The minimum Gasteiger partial charge on any atom is -0.545 e. The van der Waals surface area contributed by atoms with Crippen LogP contribution in [0.2, 0.25) is 0 Å². The van der Waals surface area contributed by atoms with Gasteiger partial charge < -0.3 is 20.1 Å². The van der Waals surface area contributed by atoms with Gasteiger partial charge in [0.1, 0.15) is 5.75 Å². The van der Waals surface area contributed by atoms with Crippen molar-refractivity contribution < 1.29 is 49.7 Å². The second kappa shape index (κ2) is 9.02. The zero-order valence-corrected chi connectivity index (χ0v) is 10.2. The summed E-state index contributed by atoms with van der Waals surface area (Å²) in [7, 11) is 0. The number of benzene rings is 1. The molecule has 0 aliphatic rings. The number of carboxylic acid groups (broad SMARTS) is 1. The Morgan fingerprint density at radius 2 is 1.86 bits per heavy atom. The van der Waals surface area contributed by atoms with Gasteiger partial charge in [-0.25, -0.2) is 0 Å². The average molecular weight is 206 g/mol. The molecule has 1 aromatic rings. The molecule has 0 aliphatic heterocycles. The molecule has 4 nitrogen and oxygen atoms in total. The molecule has 0 fully saturated rings. The fourth-order valence-electron chi connectivity index (χ4n) is 0.646. The molecule has 1 aromatic carbocycles. The van der Waals surface area contributed by atoms with E-state index in [2.05, 4.69) is 0 Å². The summed E-state index contributed by atoms with van der Waals surface area (Å²) in [5, 5.41) is 26.6. The Hall–Kier alpha value is -0.550. The topological polar surface area (TPSA) is 80.6 Å². The van der Waals surface area contributed by atoms with Crippen LogP contribution >= 0.6 is 0 Å². The summed E-state index contributed by atoms with van der Waals surface area (Å²) >= 11 is 0. The fourth-order valence-corrected chi connectivity index (χ4v) is 0.646. The number of aromatic hydroxyl groups is 1. The van der Waals surface area contributed by atoms with Crippen LogP contribution in [-0.2, 0) is 0 Å². The van der Waals surface area contributed by atoms with Gasteiger partial charge in [-0.1, -0.05) is 12.1 Å². The van der Waals surface area contributed by atoms with Crippen molar-refractivity contribution in [3.63, 3.8) is 0 Å². The third-order valence-corrected chi connectivity index (χ3v) is 1.12. The molecule has 0 radical (unpaired) electrons. The van der Waals surface area contributed by atoms with Crippen LogP contribution in [0.5, 0.6) is 5.75 Å². The van der Waals surface area contributed by atoms with Crippen LogP contribution in [0.4, 0.5) is 0 Å². The minimum atomic E-state index is -1.36. The summed E-state index contributed by atoms with van der Waals surface area (Å²) < 4.78 is 0. The summed E-state index contributed by atoms with van der Waals surface area (Å²) in [4.78, 5) is 10.2. The third kappa shape index (κ3) is 5.99. The Bertz CT molecular complexity index is 275. The zero-order valence-electron chi connectivity index (χ0n) is 8.23. The molecule has 0 spiro atoms. The van der Waals surface area contributed by atoms with Crippen molar-refractivity contribution in [2.45, 2.75) is 6.92 Å². The van der Waals surface area contributed by atoms with Crippen molar-refractivity contribution in [3.8, 4) is 5.75 Å². The molecule has 0 unspecified atom stereocenters. The summed E-state index contributed by atoms with van der Waals surface area (Å²) in [6.07, 6.45) is 0. The molecule has 2 N–H and O–H groups in total. The predicted molar refractivity (Wildman–Crippen MR) is 45.2 cm³/mol. The largest absolute Gasteiger partial charge is 1.00 e. The first-order valence-corrected chi connectivity index (χ1v) is 3.73. The van der Waals surface area contributed by atoms with Gasteiger partial charge in [-0.3, -0.25) is 0 Å². The third-order valence-electron chi connectivity index (χ3n) is 1.12. The number of carbonyl (C=O) groups is 1. The van der Waals surface area contributed by atoms with Crippen molar-refractivity contribution in [2.75, 3.05) is 6.61 Å². The molecule has 72 valence electrons. The Morgan fingerprint density at radius 1 is 1.43 bits per heavy atom. The van der Waals surface area contributed by atoms with Crippen molar-refractivity contribution in [3.05, 3.63) is 29.8 Å². The van der Waals surface area contributed by atoms with Gasteiger partial charge >= 0.3 is 29.6 Å². The number of rotatable bonds is 1. The van der Waals surface area contributed by atoms with Gasteiger partial charge in [-0.05, 0) is 19.1 Å². The molecule has 0 amide bonds. The van der Waals surface area contributed by atoms with Crippen molar-refractivity contribution >= 4 is 5.97 Å². The van der Waals surface area contributed by atoms with Gasteiger partial charge in [0.05, 0.1) is 5.97 Å². The Kier molecular flexibility index (Phi) is 10.2. The second-order valence-corrected chi connectivity index (χ2v) is 2.12. The van der Waals surface area contributed by atoms with E-state index in [4.69, 9.17) is 10.2 Å². The molecule has 0 atom stereocenters. The summed E-state index contributed by atoms with van der Waals surface area (Å²) in [5.41, 5.74) is -0.178. The number of para-hydroxylation sites is 1. The van der Waals surface area contributed by atoms with Gasteiger partial charge in [-0.2, -0.15) is 0 Å². The molecular formula is C9H11NaO4. The van der Waals surface area contributed by atoms with E-state index in [0.29, 0.717) is 0 Å². The molecule has 0 heterocycles. The molecule has 0 saturated carbocycles. The van der Waals surface area contributed by atoms with Crippen molar-refractivity contribution in [1.82, 2.24) is 0 Å². The van der Waals surface area contributed by atoms with Crippen molar-refractivity contribution in [2.24, 2.45) is 0 Å². The van der Waals surface area contributed by atoms with E-state index < -0.39 is 5.97 Å². The maximum Gasteiger partial charge on any atom is 1.00 e. The minimum absolute atomic E-state index is 0. The number of aliphatic hydroxyl groups excluding tert-OH is 1. The first-order chi connectivity index (χ1) is 6.13. The molecule has 0 aliphatic carbocycles. The molecular weight excluding hydrogens is 195 g/mol. The number of carboxylic acids is 1. The summed E-state index contributed by atoms with van der Waals surface area (Å²) in [6, 6.07) is 5.64. The van der Waals surface area contributed by atoms with Crippen molar-refractivity contribution in [1.29, 1.82) is 0 Å². The average Bonchev–Trinajstić information content (AvgIpc) is 2.06. The second-order valence-electron chi connectivity index (χ2n) is 2.12. The van der Waals surface area contributed by atoms with E-state index in [0.717, 1.165) is 0 Å². The van der Waals surface area contributed by atoms with E-state index >= 15 is 0 Å². The van der Waals surface area contributed by atoms with Crippen LogP contribution in [0, 0.1) is 0 Å². The fraction of sp³-hybridized carbons (Fsp3) is 0.222. The number of aromatic carboxylic acids is 1. The van der Waals surface area contributed by atoms with E-state index in [1.165, 1.54) is 18.2 Å².